The van der Waals surface area contributed by atoms with Crippen molar-refractivity contribution >= 4 is 75.9 Å². The summed E-state index contributed by atoms with van der Waals surface area (Å²) in [7, 11) is 0. The molecule has 292 valence electrons. The summed E-state index contributed by atoms with van der Waals surface area (Å²) in [5.41, 5.74) is 13.8. The Labute approximate surface area is 362 Å². The van der Waals surface area contributed by atoms with Crippen LogP contribution in [0.5, 0.6) is 0 Å². The van der Waals surface area contributed by atoms with Gasteiger partial charge in [-0.15, -0.1) is 0 Å². The molecule has 0 N–H and O–H groups in total. The number of nitrogens with zero attached hydrogens (tertiary/aromatic N) is 4. The molecule has 4 nitrogen and oxygen atoms in total. The topological polar surface area (TPSA) is 35.6 Å². The van der Waals surface area contributed by atoms with E-state index in [-0.39, 0.29) is 0 Å². The summed E-state index contributed by atoms with van der Waals surface area (Å²) in [6.07, 6.45) is 0.794. The summed E-state index contributed by atoms with van der Waals surface area (Å²) in [4.78, 5) is 10.6. The molecule has 0 unspecified atom stereocenters. The van der Waals surface area contributed by atoms with Crippen LogP contribution in [-0.2, 0) is 6.42 Å². The zero-order valence-corrected chi connectivity index (χ0v) is 34.1. The molecule has 3 heterocycles. The van der Waals surface area contributed by atoms with E-state index in [1.807, 2.05) is 6.07 Å². The SMILES string of the molecule is c1ccc(-c2nc3c(c(-n4c5ccccc5c5cc(-c6ccc7c(c6)c6ccccc6n7-c6ccc7c8ccccc8c8ccccc8c7c6)ccc54)n2)Cc2ccccc2-3)cc1. The third-order valence-electron chi connectivity index (χ3n) is 13.5. The third-order valence-corrected chi connectivity index (χ3v) is 13.5. The molecule has 0 fully saturated rings. The van der Waals surface area contributed by atoms with Crippen LogP contribution in [0.2, 0.25) is 0 Å². The van der Waals surface area contributed by atoms with Gasteiger partial charge in [0.2, 0.25) is 0 Å². The first-order valence-electron chi connectivity index (χ1n) is 21.7. The molecule has 13 aromatic rings. The van der Waals surface area contributed by atoms with Crippen molar-refractivity contribution in [2.24, 2.45) is 0 Å². The monoisotopic (exact) mass is 800 g/mol. The zero-order valence-electron chi connectivity index (χ0n) is 34.1. The molecule has 1 aliphatic carbocycles. The normalized spacial score (nSPS) is 12.4. The Morgan fingerprint density at radius 1 is 0.333 bits per heavy atom. The molecule has 4 heteroatoms. The highest BCUT2D eigenvalue weighted by Gasteiger charge is 2.28. The molecule has 3 aromatic heterocycles. The summed E-state index contributed by atoms with van der Waals surface area (Å²) < 4.78 is 4.82. The van der Waals surface area contributed by atoms with Gasteiger partial charge in [-0.2, -0.15) is 0 Å². The fourth-order valence-corrected chi connectivity index (χ4v) is 10.7. The molecule has 1 aliphatic rings. The van der Waals surface area contributed by atoms with E-state index in [4.69, 9.17) is 9.97 Å². The van der Waals surface area contributed by atoms with Gasteiger partial charge in [0.25, 0.3) is 0 Å². The number of rotatable bonds is 4. The lowest BCUT2D eigenvalue weighted by molar-refractivity contribution is 1.01. The van der Waals surface area contributed by atoms with Crippen LogP contribution in [0.4, 0.5) is 0 Å². The van der Waals surface area contributed by atoms with Gasteiger partial charge in [0, 0.05) is 50.3 Å². The lowest BCUT2D eigenvalue weighted by Gasteiger charge is -2.14. The van der Waals surface area contributed by atoms with Gasteiger partial charge in [0.1, 0.15) is 5.82 Å². The summed E-state index contributed by atoms with van der Waals surface area (Å²) in [6.45, 7) is 0. The highest BCUT2D eigenvalue weighted by atomic mass is 15.1. The number of para-hydroxylation sites is 2. The Kier molecular flexibility index (Phi) is 7.14. The minimum Gasteiger partial charge on any atom is -0.309 e. The first kappa shape index (κ1) is 34.4. The van der Waals surface area contributed by atoms with Gasteiger partial charge < -0.3 is 4.57 Å². The zero-order chi connectivity index (χ0) is 41.2. The van der Waals surface area contributed by atoms with E-state index >= 15 is 0 Å². The van der Waals surface area contributed by atoms with Gasteiger partial charge in [0.05, 0.1) is 27.8 Å². The molecular formula is C59H36N4. The molecule has 0 spiro atoms. The summed E-state index contributed by atoms with van der Waals surface area (Å²) >= 11 is 0. The van der Waals surface area contributed by atoms with Gasteiger partial charge in [-0.1, -0.05) is 158 Å². The number of fused-ring (bicyclic) bond motifs is 15. The smallest absolute Gasteiger partial charge is 0.162 e. The third kappa shape index (κ3) is 4.98. The highest BCUT2D eigenvalue weighted by molar-refractivity contribution is 6.25. The quantitative estimate of drug-likeness (QED) is 0.166. The van der Waals surface area contributed by atoms with E-state index < -0.39 is 0 Å². The largest absolute Gasteiger partial charge is 0.309 e. The number of hydrogen-bond acceptors (Lipinski definition) is 2. The lowest BCUT2D eigenvalue weighted by Crippen LogP contribution is -2.06. The fourth-order valence-electron chi connectivity index (χ4n) is 10.7. The number of aromatic nitrogens is 4. The van der Waals surface area contributed by atoms with Crippen molar-refractivity contribution in [3.05, 3.63) is 217 Å². The van der Waals surface area contributed by atoms with E-state index in [0.29, 0.717) is 0 Å². The Morgan fingerprint density at radius 2 is 0.841 bits per heavy atom. The maximum absolute atomic E-state index is 5.41. The Balaban J connectivity index is 0.948. The van der Waals surface area contributed by atoms with Gasteiger partial charge in [-0.3, -0.25) is 4.57 Å². The van der Waals surface area contributed by atoms with Crippen LogP contribution in [0.15, 0.2) is 206 Å². The highest BCUT2D eigenvalue weighted by Crippen LogP contribution is 2.44. The molecule has 0 amide bonds. The van der Waals surface area contributed by atoms with Crippen LogP contribution >= 0.6 is 0 Å². The van der Waals surface area contributed by atoms with Gasteiger partial charge in [0.15, 0.2) is 5.82 Å². The van der Waals surface area contributed by atoms with Crippen molar-refractivity contribution in [2.75, 3.05) is 0 Å². The maximum atomic E-state index is 5.41. The van der Waals surface area contributed by atoms with Crippen LogP contribution in [0.1, 0.15) is 11.1 Å². The van der Waals surface area contributed by atoms with E-state index in [9.17, 15) is 0 Å². The van der Waals surface area contributed by atoms with E-state index in [1.165, 1.54) is 87.1 Å². The number of hydrogen-bond donors (Lipinski definition) is 0. The van der Waals surface area contributed by atoms with Crippen LogP contribution in [0.3, 0.4) is 0 Å². The van der Waals surface area contributed by atoms with E-state index in [0.717, 1.165) is 51.6 Å². The van der Waals surface area contributed by atoms with E-state index in [2.05, 4.69) is 209 Å². The lowest BCUT2D eigenvalue weighted by atomic mass is 9.94. The minimum absolute atomic E-state index is 0.738. The second-order valence-electron chi connectivity index (χ2n) is 16.9. The molecule has 0 atom stereocenters. The predicted molar refractivity (Wildman–Crippen MR) is 262 cm³/mol. The first-order valence-corrected chi connectivity index (χ1v) is 21.7. The standard InChI is InChI=1S/C59H36N4/c1-2-14-36(15-3-1)58-60-57-41-17-5-4-16-39(41)34-52(57)59(61-58)63-54-25-13-11-23-48(54)51-33-38(27-31-56(51)63)37-26-30-55-50(32-37)47-22-10-12-24-53(47)62(55)40-28-29-46-44-20-7-6-18-42(44)43-19-8-9-21-45(43)49(46)35-40/h1-33,35H,34H2. The van der Waals surface area contributed by atoms with Crippen LogP contribution in [0.25, 0.3) is 121 Å². The fraction of sp³-hybridized carbons (Fsp3) is 0.0169. The number of benzene rings is 10. The van der Waals surface area contributed by atoms with Crippen molar-refractivity contribution < 1.29 is 0 Å². The Morgan fingerprint density at radius 3 is 1.51 bits per heavy atom. The van der Waals surface area contributed by atoms with Crippen LogP contribution in [-0.4, -0.2) is 19.1 Å². The molecule has 0 radical (unpaired) electrons. The second-order valence-corrected chi connectivity index (χ2v) is 16.9. The van der Waals surface area contributed by atoms with E-state index in [1.54, 1.807) is 0 Å². The average Bonchev–Trinajstić information content (AvgIpc) is 4.01. The van der Waals surface area contributed by atoms with Crippen molar-refractivity contribution in [3.8, 4) is 45.3 Å². The summed E-state index contributed by atoms with van der Waals surface area (Å²) in [6, 6.07) is 75.2. The van der Waals surface area contributed by atoms with Crippen LogP contribution < -0.4 is 0 Å². The molecule has 63 heavy (non-hydrogen) atoms. The molecule has 0 bridgehead atoms. The van der Waals surface area contributed by atoms with Crippen molar-refractivity contribution in [1.82, 2.24) is 19.1 Å². The van der Waals surface area contributed by atoms with Crippen molar-refractivity contribution in [1.29, 1.82) is 0 Å². The first-order chi connectivity index (χ1) is 31.2. The minimum atomic E-state index is 0.738. The second kappa shape index (κ2) is 13.1. The van der Waals surface area contributed by atoms with Gasteiger partial charge >= 0.3 is 0 Å². The summed E-state index contributed by atoms with van der Waals surface area (Å²) in [5, 5.41) is 12.6. The molecule has 0 saturated carbocycles. The molecule has 0 saturated heterocycles. The Hall–Kier alpha value is -8.34. The van der Waals surface area contributed by atoms with Gasteiger partial charge in [-0.05, 0) is 97.5 Å². The molecular weight excluding hydrogens is 765 g/mol. The van der Waals surface area contributed by atoms with Crippen molar-refractivity contribution in [3.63, 3.8) is 0 Å². The molecule has 0 aliphatic heterocycles. The Bertz CT molecular complexity index is 4020. The van der Waals surface area contributed by atoms with Crippen LogP contribution in [0, 0.1) is 0 Å². The predicted octanol–water partition coefficient (Wildman–Crippen LogP) is 15.0. The molecule has 14 rings (SSSR count). The van der Waals surface area contributed by atoms with Gasteiger partial charge in [-0.25, -0.2) is 9.97 Å². The maximum Gasteiger partial charge on any atom is 0.162 e. The molecule has 10 aromatic carbocycles. The average molecular weight is 801 g/mol. The van der Waals surface area contributed by atoms with Crippen molar-refractivity contribution in [2.45, 2.75) is 6.42 Å². The summed E-state index contributed by atoms with van der Waals surface area (Å²) in [5.74, 6) is 1.68.